The van der Waals surface area contributed by atoms with Crippen molar-refractivity contribution in [3.8, 4) is 0 Å². The van der Waals surface area contributed by atoms with E-state index in [-0.39, 0.29) is 23.1 Å². The zero-order valence-corrected chi connectivity index (χ0v) is 22.0. The molecule has 2 aliphatic rings. The first kappa shape index (κ1) is 23.9. The molecular weight excluding hydrogens is 465 g/mol. The zero-order valence-electron chi connectivity index (χ0n) is 17.5. The minimum Gasteiger partial charge on any atom is -0.411 e. The average Bonchev–Trinajstić information content (AvgIpc) is 3.19. The third kappa shape index (κ3) is 5.74. The Morgan fingerprint density at radius 1 is 1.41 bits per heavy atom. The number of hydrogen-bond acceptors (Lipinski definition) is 9. The summed E-state index contributed by atoms with van der Waals surface area (Å²) in [7, 11) is -2.02. The van der Waals surface area contributed by atoms with Gasteiger partial charge in [-0.2, -0.15) is 4.98 Å². The molecule has 1 aromatic rings. The van der Waals surface area contributed by atoms with Crippen molar-refractivity contribution in [1.29, 1.82) is 0 Å². The van der Waals surface area contributed by atoms with Crippen LogP contribution in [-0.4, -0.2) is 48.2 Å². The van der Waals surface area contributed by atoms with Gasteiger partial charge < -0.3 is 19.4 Å². The van der Waals surface area contributed by atoms with Gasteiger partial charge in [-0.3, -0.25) is 4.57 Å². The van der Waals surface area contributed by atoms with E-state index >= 15 is 0 Å². The molecule has 3 heterocycles. The number of nitrogen functional groups attached to an aromatic ring is 1. The lowest BCUT2D eigenvalue weighted by Crippen LogP contribution is -2.46. The Kier molecular flexibility index (Phi) is 7.43. The third-order valence-corrected chi connectivity index (χ3v) is 20.3. The third-order valence-electron chi connectivity index (χ3n) is 5.59. The SMILES string of the molecule is CC(C)(C)[Si](C)(C)O[C@H]1C[C@H](n2ccc(N)nc2=O)O[C@@H]1CO[P]1(S)SCCS1. The van der Waals surface area contributed by atoms with Gasteiger partial charge in [-0.1, -0.05) is 43.5 Å². The van der Waals surface area contributed by atoms with E-state index < -0.39 is 25.3 Å². The molecule has 0 spiro atoms. The van der Waals surface area contributed by atoms with E-state index in [9.17, 15) is 4.79 Å². The Morgan fingerprint density at radius 3 is 2.66 bits per heavy atom. The molecule has 165 valence electrons. The molecule has 2 N–H and O–H groups in total. The van der Waals surface area contributed by atoms with Crippen LogP contribution in [0.3, 0.4) is 0 Å². The molecule has 7 nitrogen and oxygen atoms in total. The van der Waals surface area contributed by atoms with Gasteiger partial charge in [0.25, 0.3) is 0 Å². The van der Waals surface area contributed by atoms with Crippen molar-refractivity contribution in [3.05, 3.63) is 22.7 Å². The molecule has 3 atom stereocenters. The van der Waals surface area contributed by atoms with E-state index in [4.69, 9.17) is 31.7 Å². The smallest absolute Gasteiger partial charge is 0.351 e. The van der Waals surface area contributed by atoms with Gasteiger partial charge in [0.05, 0.1) is 12.7 Å². The first-order chi connectivity index (χ1) is 13.4. The molecule has 0 aliphatic carbocycles. The van der Waals surface area contributed by atoms with E-state index in [2.05, 4.69) is 38.8 Å². The van der Waals surface area contributed by atoms with Crippen LogP contribution in [-0.2, 0) is 13.7 Å². The van der Waals surface area contributed by atoms with Gasteiger partial charge in [0, 0.05) is 24.1 Å². The van der Waals surface area contributed by atoms with E-state index in [1.165, 1.54) is 4.57 Å². The Hall–Kier alpha value is 0.257. The highest BCUT2D eigenvalue weighted by Gasteiger charge is 2.46. The summed E-state index contributed by atoms with van der Waals surface area (Å²) in [6.45, 7) is 11.5. The quantitative estimate of drug-likeness (QED) is 0.335. The number of anilines is 1. The lowest BCUT2D eigenvalue weighted by atomic mass is 10.2. The van der Waals surface area contributed by atoms with Gasteiger partial charge in [-0.05, 0) is 24.2 Å². The van der Waals surface area contributed by atoms with Crippen molar-refractivity contribution in [2.24, 2.45) is 0 Å². The van der Waals surface area contributed by atoms with Gasteiger partial charge in [0.2, 0.25) is 0 Å². The molecule has 1 aromatic heterocycles. The van der Waals surface area contributed by atoms with Crippen LogP contribution in [0.15, 0.2) is 17.1 Å². The summed E-state index contributed by atoms with van der Waals surface area (Å²) in [6.07, 6.45) is 1.35. The van der Waals surface area contributed by atoms with Gasteiger partial charge in [-0.15, -0.1) is 12.2 Å². The highest BCUT2D eigenvalue weighted by molar-refractivity contribution is 9.15. The van der Waals surface area contributed by atoms with Crippen LogP contribution >= 0.6 is 40.1 Å². The fraction of sp³-hybridized carbons (Fsp3) is 0.765. The summed E-state index contributed by atoms with van der Waals surface area (Å²) < 4.78 is 20.7. The number of aromatic nitrogens is 2. The number of nitrogens with zero attached hydrogens (tertiary/aromatic N) is 2. The van der Waals surface area contributed by atoms with Crippen molar-refractivity contribution < 1.29 is 13.7 Å². The molecule has 2 aliphatic heterocycles. The van der Waals surface area contributed by atoms with Gasteiger partial charge in [-0.25, -0.2) is 4.79 Å². The molecule has 29 heavy (non-hydrogen) atoms. The Bertz CT molecular complexity index is 786. The molecule has 1 radical (unpaired) electrons. The van der Waals surface area contributed by atoms with Crippen molar-refractivity contribution in [3.63, 3.8) is 0 Å². The number of ether oxygens (including phenoxy) is 1. The summed E-state index contributed by atoms with van der Waals surface area (Å²) in [5.74, 6) is 2.33. The number of thiol groups is 1. The summed E-state index contributed by atoms with van der Waals surface area (Å²) in [4.78, 5) is 16.1. The van der Waals surface area contributed by atoms with Crippen molar-refractivity contribution in [1.82, 2.24) is 9.55 Å². The van der Waals surface area contributed by atoms with Crippen LogP contribution in [0.4, 0.5) is 5.82 Å². The topological polar surface area (TPSA) is 88.6 Å². The predicted octanol–water partition coefficient (Wildman–Crippen LogP) is 4.61. The lowest BCUT2D eigenvalue weighted by Gasteiger charge is -2.39. The summed E-state index contributed by atoms with van der Waals surface area (Å²) in [6, 6.07) is 1.61. The molecule has 0 bridgehead atoms. The molecule has 12 heteroatoms. The van der Waals surface area contributed by atoms with Crippen LogP contribution in [0.25, 0.3) is 0 Å². The largest absolute Gasteiger partial charge is 0.411 e. The van der Waals surface area contributed by atoms with Crippen LogP contribution in [0, 0.1) is 0 Å². The maximum atomic E-state index is 12.3. The number of hydrogen-bond donors (Lipinski definition) is 2. The second-order valence-corrected chi connectivity index (χ2v) is 24.7. The van der Waals surface area contributed by atoms with Crippen LogP contribution in [0.2, 0.25) is 18.1 Å². The van der Waals surface area contributed by atoms with Crippen LogP contribution in [0.1, 0.15) is 33.4 Å². The van der Waals surface area contributed by atoms with Crippen LogP contribution < -0.4 is 11.4 Å². The van der Waals surface area contributed by atoms with E-state index in [1.54, 1.807) is 35.0 Å². The summed E-state index contributed by atoms with van der Waals surface area (Å²) in [5.41, 5.74) is 5.22. The molecule has 3 rings (SSSR count). The van der Waals surface area contributed by atoms with Crippen molar-refractivity contribution in [2.45, 2.75) is 63.8 Å². The van der Waals surface area contributed by atoms with Crippen LogP contribution in [0.5, 0.6) is 0 Å². The Labute approximate surface area is 187 Å². The highest BCUT2D eigenvalue weighted by atomic mass is 33.4. The predicted molar refractivity (Wildman–Crippen MR) is 130 cm³/mol. The lowest BCUT2D eigenvalue weighted by molar-refractivity contribution is -0.0366. The monoisotopic (exact) mass is 496 g/mol. The van der Waals surface area contributed by atoms with Gasteiger partial charge in [0.1, 0.15) is 23.2 Å². The number of nitrogens with two attached hydrogens (primary N) is 1. The van der Waals surface area contributed by atoms with E-state index in [0.29, 0.717) is 13.0 Å². The second-order valence-electron chi connectivity index (χ2n) is 8.75. The second kappa shape index (κ2) is 9.01. The average molecular weight is 497 g/mol. The summed E-state index contributed by atoms with van der Waals surface area (Å²) in [5, 5.41) is -1.71. The summed E-state index contributed by atoms with van der Waals surface area (Å²) >= 11 is 8.38. The molecule has 2 fully saturated rings. The molecule has 0 saturated carbocycles. The maximum absolute atomic E-state index is 12.3. The first-order valence-electron chi connectivity index (χ1n) is 9.64. The highest BCUT2D eigenvalue weighted by Crippen LogP contribution is 2.87. The van der Waals surface area contributed by atoms with E-state index in [0.717, 1.165) is 11.5 Å². The van der Waals surface area contributed by atoms with E-state index in [1.807, 2.05) is 0 Å². The standard InChI is InChI=1S/C17H31N3O4PS3Si/c1-17(2,3)29(4,5)24-12-10-15(20-7-6-14(18)19-16(20)21)23-13(12)11-22-25(26)27-8-9-28-25/h6-7,12-13,15,26H,8-11H2,1-5H3,(H2,18,19,21)/t12-,13+,15+/m0/s1. The minimum absolute atomic E-state index is 0.0744. The minimum atomic E-state index is -2.02. The molecule has 0 unspecified atom stereocenters. The fourth-order valence-electron chi connectivity index (χ4n) is 2.93. The molecule has 2 saturated heterocycles. The van der Waals surface area contributed by atoms with Crippen molar-refractivity contribution >= 4 is 54.2 Å². The number of rotatable bonds is 6. The normalized spacial score (nSPS) is 27.4. The Balaban J connectivity index is 1.78. The van der Waals surface area contributed by atoms with Crippen molar-refractivity contribution in [2.75, 3.05) is 23.8 Å². The Morgan fingerprint density at radius 2 is 2.07 bits per heavy atom. The van der Waals surface area contributed by atoms with Gasteiger partial charge in [0.15, 0.2) is 8.32 Å². The maximum Gasteiger partial charge on any atom is 0.351 e. The fourth-order valence-corrected chi connectivity index (χ4v) is 13.3. The molecule has 0 amide bonds. The van der Waals surface area contributed by atoms with Gasteiger partial charge >= 0.3 is 5.69 Å². The first-order valence-corrected chi connectivity index (χ1v) is 18.6. The molecular formula is C17H31N3O4PS3Si. The molecule has 0 aromatic carbocycles. The zero-order chi connectivity index (χ0) is 21.4.